The first-order valence-electron chi connectivity index (χ1n) is 12.3. The summed E-state index contributed by atoms with van der Waals surface area (Å²) in [5.74, 6) is 1.40. The Bertz CT molecular complexity index is 1240. The summed E-state index contributed by atoms with van der Waals surface area (Å²) in [6.07, 6.45) is -1.75. The summed E-state index contributed by atoms with van der Waals surface area (Å²) >= 11 is 5.49. The molecule has 198 valence electrons. The number of carbonyl (C=O) groups excluding carboxylic acids is 1. The topological polar surface area (TPSA) is 93.3 Å². The van der Waals surface area contributed by atoms with E-state index in [2.05, 4.69) is 16.0 Å². The van der Waals surface area contributed by atoms with Crippen molar-refractivity contribution >= 4 is 40.5 Å². The fraction of sp³-hybridized carbons (Fsp3) is 0.286. The van der Waals surface area contributed by atoms with Crippen LogP contribution < -0.4 is 25.6 Å². The molecule has 0 unspecified atom stereocenters. The molecule has 0 spiro atoms. The maximum Gasteiger partial charge on any atom is 0.412 e. The van der Waals surface area contributed by atoms with E-state index < -0.39 is 12.2 Å². The molecule has 3 aromatic carbocycles. The number of fused-ring (bicyclic) bond motifs is 1. The minimum atomic E-state index is -0.575. The molecule has 10 heteroatoms. The lowest BCUT2D eigenvalue weighted by Gasteiger charge is -2.20. The summed E-state index contributed by atoms with van der Waals surface area (Å²) in [5, 5.41) is 9.67. The number of nitrogens with one attached hydrogen (secondary N) is 3. The molecule has 1 amide bonds. The minimum absolute atomic E-state index is 0.158. The molecule has 2 saturated heterocycles. The van der Waals surface area contributed by atoms with Crippen LogP contribution in [0.3, 0.4) is 0 Å². The van der Waals surface area contributed by atoms with Crippen LogP contribution in [0, 0.1) is 0 Å². The average Bonchev–Trinajstić information content (AvgIpc) is 3.49. The lowest BCUT2D eigenvalue weighted by molar-refractivity contribution is 0.00880. The lowest BCUT2D eigenvalue weighted by atomic mass is 10.1. The van der Waals surface area contributed by atoms with Crippen LogP contribution in [-0.2, 0) is 14.2 Å². The first kappa shape index (κ1) is 25.8. The number of rotatable bonds is 7. The zero-order valence-corrected chi connectivity index (χ0v) is 21.9. The largest absolute Gasteiger partial charge is 0.457 e. The van der Waals surface area contributed by atoms with Crippen molar-refractivity contribution in [2.75, 3.05) is 42.8 Å². The van der Waals surface area contributed by atoms with Gasteiger partial charge in [-0.15, -0.1) is 0 Å². The summed E-state index contributed by atoms with van der Waals surface area (Å²) in [7, 11) is 3.99. The van der Waals surface area contributed by atoms with Gasteiger partial charge in [0.1, 0.15) is 23.7 Å². The molecule has 9 nitrogen and oxygen atoms in total. The van der Waals surface area contributed by atoms with Crippen molar-refractivity contribution in [2.24, 2.45) is 0 Å². The molecule has 3 N–H and O–H groups in total. The van der Waals surface area contributed by atoms with Gasteiger partial charge in [0.15, 0.2) is 11.2 Å². The molecular formula is C28H30N4O5S. The van der Waals surface area contributed by atoms with Crippen LogP contribution >= 0.6 is 12.2 Å². The SMILES string of the molecule is CN(C)c1ccc(NC(=S)N[C@H]2CO[C@H]3[C@@H]2OC[C@H]3OC(=O)Nc2ccc(Oc3ccccc3)cc2)cc1. The first-order chi connectivity index (χ1) is 18.4. The number of para-hydroxylation sites is 1. The standard InChI is InChI=1S/C28H30N4O5S/c1-32(2)20-12-8-18(9-13-20)29-27(38)31-23-16-34-26-24(17-35-25(23)26)37-28(33)30-19-10-14-22(15-11-19)36-21-6-4-3-5-7-21/h3-15,23-26H,16-17H2,1-2H3,(H,30,33)(H2,29,31,38)/t23-,24+,25+,26+/m0/s1. The third-order valence-corrected chi connectivity index (χ3v) is 6.52. The highest BCUT2D eigenvalue weighted by molar-refractivity contribution is 7.80. The Balaban J connectivity index is 1.08. The van der Waals surface area contributed by atoms with E-state index in [1.165, 1.54) is 0 Å². The molecule has 2 heterocycles. The van der Waals surface area contributed by atoms with E-state index in [1.807, 2.05) is 73.6 Å². The van der Waals surface area contributed by atoms with Crippen LogP contribution in [0.5, 0.6) is 11.5 Å². The van der Waals surface area contributed by atoms with E-state index in [-0.39, 0.29) is 24.9 Å². The average molecular weight is 535 g/mol. The molecule has 2 fully saturated rings. The molecule has 0 aliphatic carbocycles. The Kier molecular flexibility index (Phi) is 7.92. The lowest BCUT2D eigenvalue weighted by Crippen LogP contribution is -2.46. The summed E-state index contributed by atoms with van der Waals surface area (Å²) in [4.78, 5) is 14.6. The quantitative estimate of drug-likeness (QED) is 0.376. The summed E-state index contributed by atoms with van der Waals surface area (Å²) < 4.78 is 23.2. The molecule has 2 aliphatic heterocycles. The molecule has 0 saturated carbocycles. The van der Waals surface area contributed by atoms with Gasteiger partial charge in [0.25, 0.3) is 0 Å². The second kappa shape index (κ2) is 11.7. The van der Waals surface area contributed by atoms with E-state index in [0.717, 1.165) is 17.1 Å². The van der Waals surface area contributed by atoms with E-state index in [4.69, 9.17) is 31.2 Å². The number of carbonyl (C=O) groups is 1. The molecule has 38 heavy (non-hydrogen) atoms. The summed E-state index contributed by atoms with van der Waals surface area (Å²) in [6.45, 7) is 0.637. The smallest absolute Gasteiger partial charge is 0.412 e. The zero-order chi connectivity index (χ0) is 26.5. The highest BCUT2D eigenvalue weighted by Crippen LogP contribution is 2.30. The van der Waals surface area contributed by atoms with E-state index in [1.54, 1.807) is 24.3 Å². The Morgan fingerprint density at radius 2 is 1.47 bits per heavy atom. The zero-order valence-electron chi connectivity index (χ0n) is 21.1. The second-order valence-electron chi connectivity index (χ2n) is 9.25. The summed E-state index contributed by atoms with van der Waals surface area (Å²) in [6, 6.07) is 24.3. The molecule has 2 aliphatic rings. The predicted molar refractivity (Wildman–Crippen MR) is 150 cm³/mol. The third kappa shape index (κ3) is 6.34. The van der Waals surface area contributed by atoms with Gasteiger partial charge in [-0.2, -0.15) is 0 Å². The maximum atomic E-state index is 12.5. The van der Waals surface area contributed by atoms with Gasteiger partial charge in [-0.3, -0.25) is 5.32 Å². The number of benzene rings is 3. The number of nitrogens with zero attached hydrogens (tertiary/aromatic N) is 1. The van der Waals surface area contributed by atoms with Crippen molar-refractivity contribution in [3.63, 3.8) is 0 Å². The second-order valence-corrected chi connectivity index (χ2v) is 9.66. The van der Waals surface area contributed by atoms with Crippen molar-refractivity contribution in [3.8, 4) is 11.5 Å². The van der Waals surface area contributed by atoms with E-state index in [0.29, 0.717) is 23.2 Å². The highest BCUT2D eigenvalue weighted by atomic mass is 32.1. The van der Waals surface area contributed by atoms with Crippen molar-refractivity contribution in [3.05, 3.63) is 78.9 Å². The fourth-order valence-electron chi connectivity index (χ4n) is 4.38. The molecule has 0 radical (unpaired) electrons. The van der Waals surface area contributed by atoms with Crippen LogP contribution in [-0.4, -0.2) is 62.9 Å². The number of ether oxygens (including phenoxy) is 4. The summed E-state index contributed by atoms with van der Waals surface area (Å²) in [5.41, 5.74) is 2.58. The molecule has 0 bridgehead atoms. The van der Waals surface area contributed by atoms with E-state index in [9.17, 15) is 4.79 Å². The maximum absolute atomic E-state index is 12.5. The van der Waals surface area contributed by atoms with Crippen molar-refractivity contribution in [2.45, 2.75) is 24.4 Å². The van der Waals surface area contributed by atoms with Gasteiger partial charge < -0.3 is 34.5 Å². The van der Waals surface area contributed by atoms with Crippen LogP contribution in [0.25, 0.3) is 0 Å². The van der Waals surface area contributed by atoms with Crippen molar-refractivity contribution < 1.29 is 23.7 Å². The van der Waals surface area contributed by atoms with Gasteiger partial charge in [-0.1, -0.05) is 18.2 Å². The van der Waals surface area contributed by atoms with Crippen LogP contribution in [0.2, 0.25) is 0 Å². The number of thiocarbonyl (C=S) groups is 1. The van der Waals surface area contributed by atoms with Crippen molar-refractivity contribution in [1.82, 2.24) is 5.32 Å². The Morgan fingerprint density at radius 3 is 2.18 bits per heavy atom. The first-order valence-corrected chi connectivity index (χ1v) is 12.7. The predicted octanol–water partition coefficient (Wildman–Crippen LogP) is 4.61. The Labute approximate surface area is 227 Å². The third-order valence-electron chi connectivity index (χ3n) is 6.30. The molecule has 0 aromatic heterocycles. The number of amides is 1. The Morgan fingerprint density at radius 1 is 0.842 bits per heavy atom. The monoisotopic (exact) mass is 534 g/mol. The van der Waals surface area contributed by atoms with Gasteiger partial charge in [-0.25, -0.2) is 4.79 Å². The minimum Gasteiger partial charge on any atom is -0.457 e. The van der Waals surface area contributed by atoms with Crippen molar-refractivity contribution in [1.29, 1.82) is 0 Å². The van der Waals surface area contributed by atoms with E-state index >= 15 is 0 Å². The molecule has 3 aromatic rings. The van der Waals surface area contributed by atoms with Gasteiger partial charge in [0.05, 0.1) is 19.3 Å². The van der Waals surface area contributed by atoms with Crippen LogP contribution in [0.1, 0.15) is 0 Å². The van der Waals surface area contributed by atoms with Gasteiger partial charge in [-0.05, 0) is 72.9 Å². The number of hydrogen-bond donors (Lipinski definition) is 3. The highest BCUT2D eigenvalue weighted by Gasteiger charge is 2.49. The van der Waals surface area contributed by atoms with Gasteiger partial charge >= 0.3 is 6.09 Å². The molecule has 4 atom stereocenters. The van der Waals surface area contributed by atoms with Crippen LogP contribution in [0.15, 0.2) is 78.9 Å². The normalized spacial score (nSPS) is 21.7. The number of anilines is 3. The molecule has 5 rings (SSSR count). The number of hydrogen-bond acceptors (Lipinski definition) is 7. The van der Waals surface area contributed by atoms with Crippen LogP contribution in [0.4, 0.5) is 21.9 Å². The van der Waals surface area contributed by atoms with Gasteiger partial charge in [0, 0.05) is 31.2 Å². The van der Waals surface area contributed by atoms with Gasteiger partial charge in [0.2, 0.25) is 0 Å². The fourth-order valence-corrected chi connectivity index (χ4v) is 4.65. The Hall–Kier alpha value is -3.86. The molecular weight excluding hydrogens is 504 g/mol.